The highest BCUT2D eigenvalue weighted by Crippen LogP contribution is 2.25. The van der Waals surface area contributed by atoms with Crippen LogP contribution in [0.4, 0.5) is 10.6 Å². The lowest BCUT2D eigenvalue weighted by atomic mass is 10.1. The molecular formula is C26H27ClN6O4. The van der Waals surface area contributed by atoms with Crippen molar-refractivity contribution < 1.29 is 14.3 Å². The van der Waals surface area contributed by atoms with E-state index >= 15 is 0 Å². The average Bonchev–Trinajstić information content (AvgIpc) is 3.17. The molecule has 0 aliphatic carbocycles. The van der Waals surface area contributed by atoms with Gasteiger partial charge in [-0.25, -0.2) is 14.3 Å². The molecule has 0 saturated carbocycles. The van der Waals surface area contributed by atoms with Crippen molar-refractivity contribution in [2.75, 3.05) is 5.32 Å². The lowest BCUT2D eigenvalue weighted by Gasteiger charge is -2.21. The Hall–Kier alpha value is -4.18. The predicted molar refractivity (Wildman–Crippen MR) is 142 cm³/mol. The fourth-order valence-electron chi connectivity index (χ4n) is 3.98. The summed E-state index contributed by atoms with van der Waals surface area (Å²) >= 11 is 6.30. The molecule has 0 bridgehead atoms. The second-order valence-corrected chi connectivity index (χ2v) is 9.82. The Morgan fingerprint density at radius 2 is 2.03 bits per heavy atom. The number of carbonyl (C=O) groups excluding carboxylic acids is 2. The number of rotatable bonds is 6. The SMILES string of the molecule is C=CCn1c([C@H](C)NC(=O)c2c(NC(=O)OC(C)(C)C)nn3cccnc23)cc2cccc(Cl)c2c1=O. The Bertz CT molecular complexity index is 1580. The predicted octanol–water partition coefficient (Wildman–Crippen LogP) is 4.72. The van der Waals surface area contributed by atoms with Crippen LogP contribution in [-0.2, 0) is 11.3 Å². The zero-order valence-corrected chi connectivity index (χ0v) is 21.7. The maximum Gasteiger partial charge on any atom is 0.413 e. The Morgan fingerprint density at radius 3 is 2.73 bits per heavy atom. The number of hydrogen-bond donors (Lipinski definition) is 2. The van der Waals surface area contributed by atoms with E-state index < -0.39 is 23.6 Å². The van der Waals surface area contributed by atoms with Crippen molar-refractivity contribution in [2.24, 2.45) is 0 Å². The van der Waals surface area contributed by atoms with Crippen molar-refractivity contribution in [1.29, 1.82) is 0 Å². The van der Waals surface area contributed by atoms with Gasteiger partial charge in [-0.15, -0.1) is 11.7 Å². The molecule has 11 heteroatoms. The lowest BCUT2D eigenvalue weighted by molar-refractivity contribution is 0.0635. The topological polar surface area (TPSA) is 120 Å². The number of benzene rings is 1. The summed E-state index contributed by atoms with van der Waals surface area (Å²) in [7, 11) is 0. The molecule has 2 amide bonds. The van der Waals surface area contributed by atoms with Crippen molar-refractivity contribution in [1.82, 2.24) is 24.5 Å². The second kappa shape index (κ2) is 10.1. The molecule has 4 aromatic rings. The first-order chi connectivity index (χ1) is 17.5. The summed E-state index contributed by atoms with van der Waals surface area (Å²) < 4.78 is 8.22. The van der Waals surface area contributed by atoms with E-state index in [2.05, 4.69) is 27.3 Å². The van der Waals surface area contributed by atoms with Crippen LogP contribution in [0.3, 0.4) is 0 Å². The summed E-state index contributed by atoms with van der Waals surface area (Å²) in [6.45, 7) is 10.9. The van der Waals surface area contributed by atoms with Gasteiger partial charge in [0.2, 0.25) is 0 Å². The fraction of sp³-hybridized carbons (Fsp3) is 0.269. The molecule has 192 valence electrons. The van der Waals surface area contributed by atoms with Gasteiger partial charge in [0.15, 0.2) is 11.5 Å². The van der Waals surface area contributed by atoms with Gasteiger partial charge in [0.1, 0.15) is 11.2 Å². The van der Waals surface area contributed by atoms with Crippen LogP contribution in [0.25, 0.3) is 16.4 Å². The van der Waals surface area contributed by atoms with Crippen LogP contribution in [0.15, 0.2) is 60.2 Å². The van der Waals surface area contributed by atoms with E-state index in [-0.39, 0.29) is 29.1 Å². The first-order valence-corrected chi connectivity index (χ1v) is 11.9. The van der Waals surface area contributed by atoms with Crippen LogP contribution in [0, 0.1) is 0 Å². The third-order valence-corrected chi connectivity index (χ3v) is 5.78. The molecule has 1 atom stereocenters. The minimum absolute atomic E-state index is 0.00794. The molecule has 3 heterocycles. The summed E-state index contributed by atoms with van der Waals surface area (Å²) in [5.41, 5.74) is -0.179. The molecule has 0 fully saturated rings. The first-order valence-electron chi connectivity index (χ1n) is 11.6. The largest absolute Gasteiger partial charge is 0.444 e. The highest BCUT2D eigenvalue weighted by molar-refractivity contribution is 6.35. The molecule has 1 aromatic carbocycles. The molecule has 0 aliphatic rings. The van der Waals surface area contributed by atoms with Gasteiger partial charge in [-0.05, 0) is 51.3 Å². The highest BCUT2D eigenvalue weighted by atomic mass is 35.5. The molecule has 0 radical (unpaired) electrons. The van der Waals surface area contributed by atoms with Gasteiger partial charge in [-0.1, -0.05) is 29.8 Å². The number of ether oxygens (including phenoxy) is 1. The first kappa shape index (κ1) is 25.9. The van der Waals surface area contributed by atoms with Gasteiger partial charge in [0.05, 0.1) is 16.5 Å². The number of amides is 2. The van der Waals surface area contributed by atoms with Gasteiger partial charge in [0, 0.05) is 24.6 Å². The smallest absolute Gasteiger partial charge is 0.413 e. The minimum Gasteiger partial charge on any atom is -0.444 e. The molecule has 0 aliphatic heterocycles. The molecule has 0 unspecified atom stereocenters. The Labute approximate surface area is 217 Å². The Morgan fingerprint density at radius 1 is 1.27 bits per heavy atom. The molecule has 4 rings (SSSR count). The fourth-order valence-corrected chi connectivity index (χ4v) is 4.24. The van der Waals surface area contributed by atoms with Crippen molar-refractivity contribution >= 4 is 45.8 Å². The Kier molecular flexibility index (Phi) is 7.04. The summed E-state index contributed by atoms with van der Waals surface area (Å²) in [5.74, 6) is -0.553. The van der Waals surface area contributed by atoms with E-state index in [0.717, 1.165) is 0 Å². The molecule has 2 N–H and O–H groups in total. The van der Waals surface area contributed by atoms with Crippen LogP contribution in [0.5, 0.6) is 0 Å². The minimum atomic E-state index is -0.760. The number of allylic oxidation sites excluding steroid dienone is 1. The summed E-state index contributed by atoms with van der Waals surface area (Å²) in [6, 6.07) is 8.05. The number of halogens is 1. The van der Waals surface area contributed by atoms with Crippen LogP contribution in [0.1, 0.15) is 49.8 Å². The monoisotopic (exact) mass is 522 g/mol. The number of nitrogens with zero attached hydrogens (tertiary/aromatic N) is 4. The number of hydrogen-bond acceptors (Lipinski definition) is 6. The van der Waals surface area contributed by atoms with Gasteiger partial charge < -0.3 is 14.6 Å². The zero-order valence-electron chi connectivity index (χ0n) is 20.9. The van der Waals surface area contributed by atoms with E-state index in [4.69, 9.17) is 16.3 Å². The van der Waals surface area contributed by atoms with E-state index in [1.54, 1.807) is 64.2 Å². The van der Waals surface area contributed by atoms with Gasteiger partial charge >= 0.3 is 6.09 Å². The van der Waals surface area contributed by atoms with Crippen LogP contribution in [0.2, 0.25) is 5.02 Å². The molecule has 3 aromatic heterocycles. The van der Waals surface area contributed by atoms with Gasteiger partial charge in [-0.2, -0.15) is 0 Å². The lowest BCUT2D eigenvalue weighted by Crippen LogP contribution is -2.33. The number of carbonyl (C=O) groups is 2. The van der Waals surface area contributed by atoms with E-state index in [1.165, 1.54) is 15.3 Å². The summed E-state index contributed by atoms with van der Waals surface area (Å²) in [5, 5.41) is 11.1. The third kappa shape index (κ3) is 5.34. The van der Waals surface area contributed by atoms with Crippen LogP contribution in [-0.4, -0.2) is 36.8 Å². The van der Waals surface area contributed by atoms with Crippen molar-refractivity contribution in [3.63, 3.8) is 0 Å². The molecule has 0 saturated heterocycles. The van der Waals surface area contributed by atoms with Crippen molar-refractivity contribution in [2.45, 2.75) is 45.9 Å². The molecule has 37 heavy (non-hydrogen) atoms. The number of fused-ring (bicyclic) bond motifs is 2. The molecule has 10 nitrogen and oxygen atoms in total. The van der Waals surface area contributed by atoms with Crippen molar-refractivity contribution in [3.8, 4) is 0 Å². The standard InChI is InChI=1S/C26H27ClN6O4/c1-6-12-32-18(14-16-9-7-10-17(27)19(16)24(32)35)15(2)29-23(34)20-21(30-25(36)37-26(3,4)5)31-33-13-8-11-28-22(20)33/h6-11,13-15H,1,12H2,2-5H3,(H,29,34)(H,30,31,36)/t15-/m0/s1. The van der Waals surface area contributed by atoms with E-state index in [0.29, 0.717) is 21.5 Å². The molecular weight excluding hydrogens is 496 g/mol. The summed E-state index contributed by atoms with van der Waals surface area (Å²) in [6.07, 6.45) is 3.96. The number of aromatic nitrogens is 4. The van der Waals surface area contributed by atoms with E-state index in [1.807, 2.05) is 6.07 Å². The van der Waals surface area contributed by atoms with Crippen LogP contribution < -0.4 is 16.2 Å². The van der Waals surface area contributed by atoms with E-state index in [9.17, 15) is 14.4 Å². The van der Waals surface area contributed by atoms with Gasteiger partial charge in [-0.3, -0.25) is 14.9 Å². The van der Waals surface area contributed by atoms with Gasteiger partial charge in [0.25, 0.3) is 11.5 Å². The normalized spacial score (nSPS) is 12.4. The number of pyridine rings is 1. The maximum atomic E-state index is 13.5. The third-order valence-electron chi connectivity index (χ3n) is 5.46. The maximum absolute atomic E-state index is 13.5. The quantitative estimate of drug-likeness (QED) is 0.353. The average molecular weight is 523 g/mol. The summed E-state index contributed by atoms with van der Waals surface area (Å²) in [4.78, 5) is 43.5. The number of nitrogens with one attached hydrogen (secondary N) is 2. The zero-order chi connectivity index (χ0) is 26.9. The molecule has 0 spiro atoms. The second-order valence-electron chi connectivity index (χ2n) is 9.41. The highest BCUT2D eigenvalue weighted by Gasteiger charge is 2.26. The Balaban J connectivity index is 1.73. The number of anilines is 1. The van der Waals surface area contributed by atoms with Crippen molar-refractivity contribution in [3.05, 3.63) is 82.0 Å². The van der Waals surface area contributed by atoms with Crippen LogP contribution >= 0.6 is 11.6 Å².